The highest BCUT2D eigenvalue weighted by molar-refractivity contribution is 9.10. The van der Waals surface area contributed by atoms with Crippen molar-refractivity contribution < 1.29 is 19.0 Å². The Bertz CT molecular complexity index is 730. The summed E-state index contributed by atoms with van der Waals surface area (Å²) in [6.45, 7) is 0.896. The maximum Gasteiger partial charge on any atom is 0.128 e. The smallest absolute Gasteiger partial charge is 0.128 e. The van der Waals surface area contributed by atoms with Crippen LogP contribution in [0.4, 0.5) is 4.39 Å². The fourth-order valence-corrected chi connectivity index (χ4v) is 3.72. The molecule has 3 N–H and O–H groups in total. The van der Waals surface area contributed by atoms with Crippen LogP contribution in [0.3, 0.4) is 0 Å². The summed E-state index contributed by atoms with van der Waals surface area (Å²) >= 11 is 3.35. The van der Waals surface area contributed by atoms with E-state index in [1.807, 2.05) is 30.3 Å². The third kappa shape index (κ3) is 4.32. The first-order chi connectivity index (χ1) is 12.5. The normalized spacial score (nSPS) is 26.0. The fraction of sp³-hybridized carbons (Fsp3) is 0.400. The number of rotatable bonds is 6. The van der Waals surface area contributed by atoms with Crippen molar-refractivity contribution in [3.05, 3.63) is 69.9 Å². The number of aliphatic hydroxyl groups excluding tert-OH is 1. The Morgan fingerprint density at radius 2 is 2.04 bits per heavy atom. The van der Waals surface area contributed by atoms with E-state index in [1.54, 1.807) is 12.1 Å². The minimum absolute atomic E-state index is 0.130. The van der Waals surface area contributed by atoms with E-state index in [4.69, 9.17) is 15.2 Å². The number of halogens is 2. The van der Waals surface area contributed by atoms with Crippen LogP contribution in [0.2, 0.25) is 0 Å². The van der Waals surface area contributed by atoms with E-state index in [0.29, 0.717) is 25.2 Å². The lowest BCUT2D eigenvalue weighted by molar-refractivity contribution is -0.106. The molecule has 0 bridgehead atoms. The summed E-state index contributed by atoms with van der Waals surface area (Å²) in [4.78, 5) is 0. The predicted octanol–water partition coefficient (Wildman–Crippen LogP) is 3.36. The fourth-order valence-electron chi connectivity index (χ4n) is 3.36. The summed E-state index contributed by atoms with van der Waals surface area (Å²) in [6, 6.07) is 14.5. The van der Waals surface area contributed by atoms with Crippen LogP contribution < -0.4 is 5.73 Å². The molecule has 26 heavy (non-hydrogen) atoms. The first-order valence-corrected chi connectivity index (χ1v) is 9.41. The van der Waals surface area contributed by atoms with Crippen LogP contribution in [-0.2, 0) is 21.6 Å². The second-order valence-corrected chi connectivity index (χ2v) is 7.63. The Hall–Kier alpha value is -1.31. The number of aliphatic hydroxyl groups is 1. The van der Waals surface area contributed by atoms with Crippen molar-refractivity contribution in [2.75, 3.05) is 19.8 Å². The largest absolute Gasteiger partial charge is 0.396 e. The summed E-state index contributed by atoms with van der Waals surface area (Å²) in [6.07, 6.45) is 0.330. The summed E-state index contributed by atoms with van der Waals surface area (Å²) in [5, 5.41) is 9.86. The van der Waals surface area contributed by atoms with Crippen LogP contribution in [0.25, 0.3) is 0 Å². The molecular formula is C20H23BrFNO3. The van der Waals surface area contributed by atoms with E-state index in [-0.39, 0.29) is 25.2 Å². The molecule has 0 amide bonds. The molecule has 1 aliphatic heterocycles. The van der Waals surface area contributed by atoms with Crippen molar-refractivity contribution in [3.8, 4) is 0 Å². The minimum Gasteiger partial charge on any atom is -0.396 e. The second-order valence-electron chi connectivity index (χ2n) is 6.71. The van der Waals surface area contributed by atoms with Gasteiger partial charge in [-0.25, -0.2) is 4.39 Å². The molecule has 1 heterocycles. The van der Waals surface area contributed by atoms with Gasteiger partial charge in [0.25, 0.3) is 0 Å². The van der Waals surface area contributed by atoms with Crippen molar-refractivity contribution >= 4 is 15.9 Å². The van der Waals surface area contributed by atoms with Crippen LogP contribution in [0.1, 0.15) is 17.5 Å². The van der Waals surface area contributed by atoms with Gasteiger partial charge in [0, 0.05) is 22.6 Å². The highest BCUT2D eigenvalue weighted by atomic mass is 79.9. The van der Waals surface area contributed by atoms with Gasteiger partial charge in [-0.3, -0.25) is 0 Å². The van der Waals surface area contributed by atoms with Gasteiger partial charge in [0.2, 0.25) is 0 Å². The molecule has 4 nitrogen and oxygen atoms in total. The number of benzene rings is 2. The Labute approximate surface area is 161 Å². The van der Waals surface area contributed by atoms with E-state index >= 15 is 0 Å². The molecule has 1 unspecified atom stereocenters. The van der Waals surface area contributed by atoms with Crippen molar-refractivity contribution in [2.24, 2.45) is 11.7 Å². The lowest BCUT2D eigenvalue weighted by Gasteiger charge is -2.43. The van der Waals surface area contributed by atoms with Gasteiger partial charge in [-0.2, -0.15) is 0 Å². The zero-order valence-corrected chi connectivity index (χ0v) is 16.0. The first-order valence-electron chi connectivity index (χ1n) is 8.61. The molecule has 3 atom stereocenters. The van der Waals surface area contributed by atoms with Crippen LogP contribution in [-0.4, -0.2) is 31.0 Å². The number of ether oxygens (including phenoxy) is 2. The average molecular weight is 424 g/mol. The van der Waals surface area contributed by atoms with E-state index in [2.05, 4.69) is 15.9 Å². The first kappa shape index (κ1) is 19.5. The zero-order valence-electron chi connectivity index (χ0n) is 14.4. The molecule has 0 spiro atoms. The van der Waals surface area contributed by atoms with Crippen LogP contribution in [0.5, 0.6) is 0 Å². The summed E-state index contributed by atoms with van der Waals surface area (Å²) < 4.78 is 26.7. The maximum absolute atomic E-state index is 14.3. The molecule has 2 aromatic rings. The number of hydrogen-bond donors (Lipinski definition) is 2. The highest BCUT2D eigenvalue weighted by Gasteiger charge is 2.44. The molecule has 0 aromatic heterocycles. The summed E-state index contributed by atoms with van der Waals surface area (Å²) in [7, 11) is 0. The van der Waals surface area contributed by atoms with E-state index in [9.17, 15) is 9.50 Å². The topological polar surface area (TPSA) is 64.7 Å². The van der Waals surface area contributed by atoms with Crippen molar-refractivity contribution in [3.63, 3.8) is 0 Å². The highest BCUT2D eigenvalue weighted by Crippen LogP contribution is 2.37. The molecule has 1 saturated heterocycles. The van der Waals surface area contributed by atoms with Gasteiger partial charge in [-0.15, -0.1) is 0 Å². The van der Waals surface area contributed by atoms with Gasteiger partial charge in [0.05, 0.1) is 31.5 Å². The maximum atomic E-state index is 14.3. The Morgan fingerprint density at radius 3 is 2.77 bits per heavy atom. The predicted molar refractivity (Wildman–Crippen MR) is 101 cm³/mol. The quantitative estimate of drug-likeness (QED) is 0.747. The minimum atomic E-state index is -1.07. The zero-order chi connectivity index (χ0) is 18.6. The summed E-state index contributed by atoms with van der Waals surface area (Å²) in [5.41, 5.74) is 6.87. The van der Waals surface area contributed by atoms with Crippen molar-refractivity contribution in [1.82, 2.24) is 0 Å². The lowest BCUT2D eigenvalue weighted by Crippen LogP contribution is -2.55. The molecule has 1 fully saturated rings. The number of nitrogens with two attached hydrogens (primary N) is 1. The second kappa shape index (κ2) is 8.59. The Kier molecular flexibility index (Phi) is 6.42. The SMILES string of the molecule is N[C@@]1(c2cc(Br)ccc2F)COC(COCc2ccccc2)C[C@H]1CO. The van der Waals surface area contributed by atoms with Gasteiger partial charge in [-0.05, 0) is 30.2 Å². The molecule has 0 radical (unpaired) electrons. The molecular weight excluding hydrogens is 401 g/mol. The number of hydrogen-bond acceptors (Lipinski definition) is 4. The Morgan fingerprint density at radius 1 is 1.27 bits per heavy atom. The average Bonchev–Trinajstić information content (AvgIpc) is 2.66. The molecule has 6 heteroatoms. The van der Waals surface area contributed by atoms with Gasteiger partial charge in [0.1, 0.15) is 5.82 Å². The Balaban J connectivity index is 1.64. The van der Waals surface area contributed by atoms with Gasteiger partial charge in [-0.1, -0.05) is 46.3 Å². The third-order valence-electron chi connectivity index (χ3n) is 4.90. The van der Waals surface area contributed by atoms with Gasteiger partial charge < -0.3 is 20.3 Å². The monoisotopic (exact) mass is 423 g/mol. The van der Waals surface area contributed by atoms with Gasteiger partial charge >= 0.3 is 0 Å². The van der Waals surface area contributed by atoms with Crippen molar-refractivity contribution in [2.45, 2.75) is 24.7 Å². The van der Waals surface area contributed by atoms with E-state index < -0.39 is 11.4 Å². The molecule has 1 aliphatic rings. The molecule has 140 valence electrons. The van der Waals surface area contributed by atoms with E-state index in [0.717, 1.165) is 10.0 Å². The third-order valence-corrected chi connectivity index (χ3v) is 5.39. The van der Waals surface area contributed by atoms with Gasteiger partial charge in [0.15, 0.2) is 0 Å². The molecule has 0 aliphatic carbocycles. The van der Waals surface area contributed by atoms with Crippen LogP contribution >= 0.6 is 15.9 Å². The van der Waals surface area contributed by atoms with Crippen molar-refractivity contribution in [1.29, 1.82) is 0 Å². The molecule has 3 rings (SSSR count). The summed E-state index contributed by atoms with van der Waals surface area (Å²) in [5.74, 6) is -0.707. The molecule has 0 saturated carbocycles. The lowest BCUT2D eigenvalue weighted by atomic mass is 9.75. The van der Waals surface area contributed by atoms with Crippen LogP contribution in [0.15, 0.2) is 53.0 Å². The molecule has 2 aromatic carbocycles. The standard InChI is InChI=1S/C20H23BrFNO3/c21-16-6-7-19(22)18(9-16)20(23)13-26-17(8-15(20)10-24)12-25-11-14-4-2-1-3-5-14/h1-7,9,15,17,24H,8,10-13,23H2/t15-,17?,20-/m0/s1. The van der Waals surface area contributed by atoms with Crippen LogP contribution in [0, 0.1) is 11.7 Å². The van der Waals surface area contributed by atoms with E-state index in [1.165, 1.54) is 6.07 Å².